The van der Waals surface area contributed by atoms with E-state index in [0.717, 1.165) is 9.13 Å². The fourth-order valence-electron chi connectivity index (χ4n) is 2.17. The molecule has 1 aromatic carbocycles. The summed E-state index contributed by atoms with van der Waals surface area (Å²) in [5, 5.41) is 2.81. The first-order chi connectivity index (χ1) is 10.1. The molecular formula is C15H19IN2O3. The van der Waals surface area contributed by atoms with Gasteiger partial charge in [-0.05, 0) is 41.1 Å². The number of hydrogen-bond donors (Lipinski definition) is 1. The Morgan fingerprint density at radius 3 is 2.76 bits per heavy atom. The number of nitrogens with one attached hydrogen (secondary N) is 1. The van der Waals surface area contributed by atoms with E-state index in [1.165, 1.54) is 0 Å². The standard InChI is InChI=1S/C15H19IN2O3/c1-11-3-2-4-12(14(11)16)15(20)17-6-5-13(19)18-7-9-21-10-8-18/h2-4H,5-10H2,1H3,(H,17,20). The summed E-state index contributed by atoms with van der Waals surface area (Å²) in [7, 11) is 0. The Morgan fingerprint density at radius 2 is 2.05 bits per heavy atom. The number of benzene rings is 1. The van der Waals surface area contributed by atoms with Gasteiger partial charge in [0, 0.05) is 29.6 Å². The number of carbonyl (C=O) groups excluding carboxylic acids is 2. The van der Waals surface area contributed by atoms with Gasteiger partial charge in [-0.2, -0.15) is 0 Å². The highest BCUT2D eigenvalue weighted by molar-refractivity contribution is 14.1. The van der Waals surface area contributed by atoms with Crippen LogP contribution in [-0.4, -0.2) is 49.6 Å². The first-order valence-corrected chi connectivity index (χ1v) is 8.06. The lowest BCUT2D eigenvalue weighted by atomic mass is 10.1. The Hall–Kier alpha value is -1.15. The second-order valence-electron chi connectivity index (χ2n) is 4.94. The van der Waals surface area contributed by atoms with Crippen molar-refractivity contribution in [1.82, 2.24) is 10.2 Å². The van der Waals surface area contributed by atoms with Gasteiger partial charge in [0.25, 0.3) is 5.91 Å². The molecule has 1 aliphatic rings. The molecule has 0 saturated carbocycles. The maximum Gasteiger partial charge on any atom is 0.252 e. The van der Waals surface area contributed by atoms with E-state index in [1.807, 2.05) is 19.1 Å². The van der Waals surface area contributed by atoms with Gasteiger partial charge in [-0.3, -0.25) is 9.59 Å². The molecule has 1 heterocycles. The molecule has 5 nitrogen and oxygen atoms in total. The van der Waals surface area contributed by atoms with Crippen molar-refractivity contribution in [2.75, 3.05) is 32.8 Å². The number of rotatable bonds is 4. The van der Waals surface area contributed by atoms with Gasteiger partial charge >= 0.3 is 0 Å². The van der Waals surface area contributed by atoms with Crippen LogP contribution >= 0.6 is 22.6 Å². The lowest BCUT2D eigenvalue weighted by Gasteiger charge is -2.26. The van der Waals surface area contributed by atoms with E-state index in [2.05, 4.69) is 27.9 Å². The molecule has 1 N–H and O–H groups in total. The first kappa shape index (κ1) is 16.2. The van der Waals surface area contributed by atoms with Gasteiger partial charge in [0.05, 0.1) is 18.8 Å². The summed E-state index contributed by atoms with van der Waals surface area (Å²) >= 11 is 2.17. The van der Waals surface area contributed by atoms with Crippen molar-refractivity contribution in [2.24, 2.45) is 0 Å². The molecule has 0 atom stereocenters. The minimum atomic E-state index is -0.127. The molecule has 0 aliphatic carbocycles. The summed E-state index contributed by atoms with van der Waals surface area (Å²) in [5.41, 5.74) is 1.74. The summed E-state index contributed by atoms with van der Waals surface area (Å²) in [6.07, 6.45) is 0.328. The number of aryl methyl sites for hydroxylation is 1. The summed E-state index contributed by atoms with van der Waals surface area (Å²) in [5.74, 6) is -0.0598. The van der Waals surface area contributed by atoms with Gasteiger partial charge < -0.3 is 15.0 Å². The number of amides is 2. The van der Waals surface area contributed by atoms with Crippen molar-refractivity contribution in [3.8, 4) is 0 Å². The first-order valence-electron chi connectivity index (χ1n) is 6.98. The fourth-order valence-corrected chi connectivity index (χ4v) is 2.78. The third kappa shape index (κ3) is 4.41. The Labute approximate surface area is 138 Å². The van der Waals surface area contributed by atoms with Crippen LogP contribution < -0.4 is 5.32 Å². The van der Waals surface area contributed by atoms with E-state index in [-0.39, 0.29) is 11.8 Å². The van der Waals surface area contributed by atoms with Gasteiger partial charge in [0.2, 0.25) is 5.91 Å². The molecule has 0 spiro atoms. The normalized spacial score (nSPS) is 14.9. The molecule has 1 aliphatic heterocycles. The van der Waals surface area contributed by atoms with Crippen LogP contribution in [0.15, 0.2) is 18.2 Å². The zero-order valence-corrected chi connectivity index (χ0v) is 14.2. The molecule has 6 heteroatoms. The van der Waals surface area contributed by atoms with E-state index in [4.69, 9.17) is 4.74 Å². The molecule has 0 radical (unpaired) electrons. The quantitative estimate of drug-likeness (QED) is 0.779. The average molecular weight is 402 g/mol. The monoisotopic (exact) mass is 402 g/mol. The third-order valence-corrected chi connectivity index (χ3v) is 4.86. The number of halogens is 1. The highest BCUT2D eigenvalue weighted by Crippen LogP contribution is 2.16. The van der Waals surface area contributed by atoms with Crippen LogP contribution in [0, 0.1) is 10.5 Å². The molecule has 114 valence electrons. The summed E-state index contributed by atoms with van der Waals surface area (Å²) in [6.45, 7) is 4.81. The number of morpholine rings is 1. The van der Waals surface area contributed by atoms with Crippen molar-refractivity contribution in [3.63, 3.8) is 0 Å². The third-order valence-electron chi connectivity index (χ3n) is 3.42. The zero-order valence-electron chi connectivity index (χ0n) is 12.0. The number of ether oxygens (including phenoxy) is 1. The molecule has 21 heavy (non-hydrogen) atoms. The second-order valence-corrected chi connectivity index (χ2v) is 6.01. The minimum Gasteiger partial charge on any atom is -0.378 e. The molecule has 1 saturated heterocycles. The SMILES string of the molecule is Cc1cccc(C(=O)NCCC(=O)N2CCOCC2)c1I. The van der Waals surface area contributed by atoms with Crippen molar-refractivity contribution in [3.05, 3.63) is 32.9 Å². The van der Waals surface area contributed by atoms with Crippen LogP contribution in [0.25, 0.3) is 0 Å². The Balaban J connectivity index is 1.81. The summed E-state index contributed by atoms with van der Waals surface area (Å²) in [4.78, 5) is 25.9. The molecule has 0 bridgehead atoms. The lowest BCUT2D eigenvalue weighted by Crippen LogP contribution is -2.42. The van der Waals surface area contributed by atoms with E-state index < -0.39 is 0 Å². The van der Waals surface area contributed by atoms with E-state index >= 15 is 0 Å². The van der Waals surface area contributed by atoms with Crippen molar-refractivity contribution < 1.29 is 14.3 Å². The average Bonchev–Trinajstić information content (AvgIpc) is 2.50. The van der Waals surface area contributed by atoms with Crippen LogP contribution in [-0.2, 0) is 9.53 Å². The predicted octanol–water partition coefficient (Wildman–Crippen LogP) is 1.58. The molecule has 1 aromatic rings. The maximum absolute atomic E-state index is 12.1. The van der Waals surface area contributed by atoms with Gasteiger partial charge in [0.15, 0.2) is 0 Å². The Morgan fingerprint density at radius 1 is 1.33 bits per heavy atom. The van der Waals surface area contributed by atoms with Crippen LogP contribution in [0.2, 0.25) is 0 Å². The van der Waals surface area contributed by atoms with Crippen LogP contribution in [0.5, 0.6) is 0 Å². The smallest absolute Gasteiger partial charge is 0.252 e. The maximum atomic E-state index is 12.1. The van der Waals surface area contributed by atoms with Crippen molar-refractivity contribution in [2.45, 2.75) is 13.3 Å². The van der Waals surface area contributed by atoms with Crippen LogP contribution in [0.3, 0.4) is 0 Å². The fraction of sp³-hybridized carbons (Fsp3) is 0.467. The predicted molar refractivity (Wildman–Crippen MR) is 88.2 cm³/mol. The van der Waals surface area contributed by atoms with Gasteiger partial charge in [-0.15, -0.1) is 0 Å². The van der Waals surface area contributed by atoms with E-state index in [0.29, 0.717) is 44.8 Å². The molecule has 1 fully saturated rings. The van der Waals surface area contributed by atoms with Crippen LogP contribution in [0.4, 0.5) is 0 Å². The highest BCUT2D eigenvalue weighted by Gasteiger charge is 2.17. The number of hydrogen-bond acceptors (Lipinski definition) is 3. The Bertz CT molecular complexity index is 528. The second kappa shape index (κ2) is 7.74. The zero-order chi connectivity index (χ0) is 15.2. The summed E-state index contributed by atoms with van der Waals surface area (Å²) < 4.78 is 6.16. The van der Waals surface area contributed by atoms with Gasteiger partial charge in [-0.1, -0.05) is 12.1 Å². The summed E-state index contributed by atoms with van der Waals surface area (Å²) in [6, 6.07) is 5.64. The Kier molecular flexibility index (Phi) is 5.98. The van der Waals surface area contributed by atoms with Gasteiger partial charge in [0.1, 0.15) is 0 Å². The highest BCUT2D eigenvalue weighted by atomic mass is 127. The van der Waals surface area contributed by atoms with Crippen molar-refractivity contribution in [1.29, 1.82) is 0 Å². The molecular weight excluding hydrogens is 383 g/mol. The number of nitrogens with zero attached hydrogens (tertiary/aromatic N) is 1. The molecule has 0 aromatic heterocycles. The topological polar surface area (TPSA) is 58.6 Å². The largest absolute Gasteiger partial charge is 0.378 e. The minimum absolute atomic E-state index is 0.0672. The van der Waals surface area contributed by atoms with Gasteiger partial charge in [-0.25, -0.2) is 0 Å². The molecule has 2 amide bonds. The van der Waals surface area contributed by atoms with Crippen molar-refractivity contribution >= 4 is 34.4 Å². The van der Waals surface area contributed by atoms with Crippen LogP contribution in [0.1, 0.15) is 22.3 Å². The van der Waals surface area contributed by atoms with E-state index in [1.54, 1.807) is 11.0 Å². The molecule has 0 unspecified atom stereocenters. The lowest BCUT2D eigenvalue weighted by molar-refractivity contribution is -0.135. The number of carbonyl (C=O) groups is 2. The molecule has 2 rings (SSSR count). The van der Waals surface area contributed by atoms with E-state index in [9.17, 15) is 9.59 Å².